The quantitative estimate of drug-likeness (QED) is 0.926. The van der Waals surface area contributed by atoms with Crippen LogP contribution in [-0.2, 0) is 4.79 Å². The lowest BCUT2D eigenvalue weighted by Crippen LogP contribution is -2.67. The number of rotatable bonds is 3. The largest absolute Gasteiger partial charge is 0.386 e. The van der Waals surface area contributed by atoms with Crippen LogP contribution < -0.4 is 0 Å². The molecule has 3 rings (SSSR count). The Hall–Kier alpha value is -1.33. The van der Waals surface area contributed by atoms with Crippen molar-refractivity contribution in [2.75, 3.05) is 18.8 Å². The molecular formula is C16H20N2O2S. The number of benzene rings is 1. The van der Waals surface area contributed by atoms with Gasteiger partial charge < -0.3 is 10.0 Å². The fourth-order valence-electron chi connectivity index (χ4n) is 2.59. The maximum absolute atomic E-state index is 12.4. The van der Waals surface area contributed by atoms with E-state index in [1.165, 1.54) is 0 Å². The zero-order valence-electron chi connectivity index (χ0n) is 12.3. The molecule has 5 heteroatoms. The van der Waals surface area contributed by atoms with Crippen molar-refractivity contribution in [3.05, 3.63) is 35.9 Å². The van der Waals surface area contributed by atoms with E-state index < -0.39 is 5.60 Å². The minimum absolute atomic E-state index is 0.0405. The van der Waals surface area contributed by atoms with E-state index in [2.05, 4.69) is 4.99 Å². The number of aliphatic imine (C=N–C) groups is 1. The number of aliphatic hydroxyl groups is 1. The van der Waals surface area contributed by atoms with Gasteiger partial charge in [-0.3, -0.25) is 9.79 Å². The molecule has 0 aromatic heterocycles. The molecule has 1 N–H and O–H groups in total. The van der Waals surface area contributed by atoms with Crippen LogP contribution in [0.5, 0.6) is 0 Å². The van der Waals surface area contributed by atoms with E-state index in [1.807, 2.05) is 44.2 Å². The summed E-state index contributed by atoms with van der Waals surface area (Å²) in [6.07, 6.45) is 0. The van der Waals surface area contributed by atoms with Gasteiger partial charge in [0.25, 0.3) is 0 Å². The maximum atomic E-state index is 12.4. The molecule has 0 spiro atoms. The first kappa shape index (κ1) is 14.6. The molecule has 21 heavy (non-hydrogen) atoms. The van der Waals surface area contributed by atoms with E-state index in [0.717, 1.165) is 10.6 Å². The first-order valence-corrected chi connectivity index (χ1v) is 8.25. The summed E-state index contributed by atoms with van der Waals surface area (Å²) in [7, 11) is 0. The van der Waals surface area contributed by atoms with Crippen molar-refractivity contribution >= 4 is 22.7 Å². The van der Waals surface area contributed by atoms with Crippen molar-refractivity contribution in [2.45, 2.75) is 25.5 Å². The van der Waals surface area contributed by atoms with Gasteiger partial charge in [-0.2, -0.15) is 0 Å². The zero-order chi connectivity index (χ0) is 15.0. The van der Waals surface area contributed by atoms with Crippen molar-refractivity contribution in [1.82, 2.24) is 4.90 Å². The Kier molecular flexibility index (Phi) is 3.80. The summed E-state index contributed by atoms with van der Waals surface area (Å²) < 4.78 is 0. The second-order valence-electron chi connectivity index (χ2n) is 6.08. The second kappa shape index (κ2) is 5.46. The molecule has 1 amide bonds. The molecule has 1 saturated heterocycles. The summed E-state index contributed by atoms with van der Waals surface area (Å²) in [6, 6.07) is 9.65. The van der Waals surface area contributed by atoms with Gasteiger partial charge in [-0.15, -0.1) is 11.8 Å². The van der Waals surface area contributed by atoms with Crippen LogP contribution in [-0.4, -0.2) is 51.4 Å². The number of hydrogen-bond donors (Lipinski definition) is 1. The summed E-state index contributed by atoms with van der Waals surface area (Å²) in [5, 5.41) is 11.2. The molecule has 2 aliphatic heterocycles. The minimum atomic E-state index is -0.715. The van der Waals surface area contributed by atoms with E-state index >= 15 is 0 Å². The summed E-state index contributed by atoms with van der Waals surface area (Å²) in [6.45, 7) is 4.83. The number of likely N-dealkylation sites (tertiary alicyclic amines) is 1. The van der Waals surface area contributed by atoms with Gasteiger partial charge in [0.2, 0.25) is 5.91 Å². The predicted octanol–water partition coefficient (Wildman–Crippen LogP) is 1.78. The van der Waals surface area contributed by atoms with Gasteiger partial charge in [0.15, 0.2) is 0 Å². The molecule has 1 aromatic rings. The van der Waals surface area contributed by atoms with E-state index in [4.69, 9.17) is 0 Å². The van der Waals surface area contributed by atoms with E-state index in [1.54, 1.807) is 16.7 Å². The number of β-amino-alcohol motifs (C(OH)–C–C–N with tert-alkyl or cyclic N) is 1. The molecule has 1 fully saturated rings. The molecule has 0 aliphatic carbocycles. The molecular weight excluding hydrogens is 284 g/mol. The number of thioether (sulfide) groups is 1. The van der Waals surface area contributed by atoms with Gasteiger partial charge in [0, 0.05) is 11.3 Å². The lowest BCUT2D eigenvalue weighted by Gasteiger charge is -2.49. The highest BCUT2D eigenvalue weighted by Gasteiger charge is 2.47. The summed E-state index contributed by atoms with van der Waals surface area (Å²) in [5.41, 5.74) is 0.355. The Labute approximate surface area is 129 Å². The molecule has 112 valence electrons. The third-order valence-electron chi connectivity index (χ3n) is 4.27. The Balaban J connectivity index is 1.65. The van der Waals surface area contributed by atoms with Crippen molar-refractivity contribution in [3.63, 3.8) is 0 Å². The third kappa shape index (κ3) is 2.72. The van der Waals surface area contributed by atoms with Crippen molar-refractivity contribution in [3.8, 4) is 0 Å². The van der Waals surface area contributed by atoms with Crippen molar-refractivity contribution < 1.29 is 9.90 Å². The average molecular weight is 304 g/mol. The highest BCUT2D eigenvalue weighted by Crippen LogP contribution is 2.31. The van der Waals surface area contributed by atoms with Gasteiger partial charge in [0.05, 0.1) is 18.1 Å². The number of hydrogen-bond acceptors (Lipinski definition) is 4. The minimum Gasteiger partial charge on any atom is -0.386 e. The molecule has 1 unspecified atom stereocenters. The zero-order valence-corrected chi connectivity index (χ0v) is 13.1. The lowest BCUT2D eigenvalue weighted by atomic mass is 9.82. The maximum Gasteiger partial charge on any atom is 0.248 e. The van der Waals surface area contributed by atoms with Crippen LogP contribution in [0, 0.1) is 5.92 Å². The lowest BCUT2D eigenvalue weighted by molar-refractivity contribution is -0.164. The first-order chi connectivity index (χ1) is 9.99. The van der Waals surface area contributed by atoms with Crippen LogP contribution in [0.4, 0.5) is 0 Å². The van der Waals surface area contributed by atoms with E-state index in [-0.39, 0.29) is 17.9 Å². The molecule has 2 aliphatic rings. The molecule has 0 bridgehead atoms. The van der Waals surface area contributed by atoms with Crippen molar-refractivity contribution in [2.24, 2.45) is 10.9 Å². The molecule has 1 aromatic carbocycles. The Morgan fingerprint density at radius 1 is 1.38 bits per heavy atom. The van der Waals surface area contributed by atoms with Crippen LogP contribution in [0.15, 0.2) is 35.3 Å². The average Bonchev–Trinajstić information content (AvgIpc) is 2.93. The van der Waals surface area contributed by atoms with Gasteiger partial charge in [-0.05, 0) is 5.92 Å². The number of carbonyl (C=O) groups is 1. The van der Waals surface area contributed by atoms with Gasteiger partial charge >= 0.3 is 0 Å². The van der Waals surface area contributed by atoms with Gasteiger partial charge in [-0.1, -0.05) is 44.2 Å². The third-order valence-corrected chi connectivity index (χ3v) is 5.37. The first-order valence-electron chi connectivity index (χ1n) is 7.27. The highest BCUT2D eigenvalue weighted by molar-refractivity contribution is 8.14. The smallest absolute Gasteiger partial charge is 0.248 e. The SMILES string of the molecule is CC(C)C1(O)CN(C(=O)C2CSC(c3ccccc3)=N2)C1. The van der Waals surface area contributed by atoms with Crippen LogP contribution in [0.25, 0.3) is 0 Å². The summed E-state index contributed by atoms with van der Waals surface area (Å²) >= 11 is 1.63. The summed E-state index contributed by atoms with van der Waals surface area (Å²) in [4.78, 5) is 18.7. The monoisotopic (exact) mass is 304 g/mol. The van der Waals surface area contributed by atoms with Crippen LogP contribution >= 0.6 is 11.8 Å². The fraction of sp³-hybridized carbons (Fsp3) is 0.500. The van der Waals surface area contributed by atoms with Crippen LogP contribution in [0.3, 0.4) is 0 Å². The Morgan fingerprint density at radius 2 is 2.05 bits per heavy atom. The molecule has 0 saturated carbocycles. The Bertz CT molecular complexity index is 565. The topological polar surface area (TPSA) is 52.9 Å². The second-order valence-corrected chi connectivity index (χ2v) is 7.09. The number of nitrogens with zero attached hydrogens (tertiary/aromatic N) is 2. The molecule has 0 radical (unpaired) electrons. The molecule has 4 nitrogen and oxygen atoms in total. The van der Waals surface area contributed by atoms with Crippen LogP contribution in [0.1, 0.15) is 19.4 Å². The normalized spacial score (nSPS) is 23.9. The Morgan fingerprint density at radius 3 is 2.67 bits per heavy atom. The van der Waals surface area contributed by atoms with Crippen molar-refractivity contribution in [1.29, 1.82) is 0 Å². The fourth-order valence-corrected chi connectivity index (χ4v) is 3.62. The number of carbonyl (C=O) groups excluding carboxylic acids is 1. The van der Waals surface area contributed by atoms with Gasteiger partial charge in [-0.25, -0.2) is 0 Å². The summed E-state index contributed by atoms with van der Waals surface area (Å²) in [5.74, 6) is 0.904. The number of amides is 1. The van der Waals surface area contributed by atoms with E-state index in [0.29, 0.717) is 18.8 Å². The predicted molar refractivity (Wildman–Crippen MR) is 85.6 cm³/mol. The highest BCUT2D eigenvalue weighted by atomic mass is 32.2. The standard InChI is InChI=1S/C16H20N2O2S/c1-11(2)16(20)9-18(10-16)15(19)13-8-21-14(17-13)12-6-4-3-5-7-12/h3-7,11,13,20H,8-10H2,1-2H3. The van der Waals surface area contributed by atoms with Crippen LogP contribution in [0.2, 0.25) is 0 Å². The molecule has 1 atom stereocenters. The molecule has 2 heterocycles. The van der Waals surface area contributed by atoms with Gasteiger partial charge in [0.1, 0.15) is 11.6 Å². The van der Waals surface area contributed by atoms with E-state index in [9.17, 15) is 9.90 Å².